The molecular weight excluding hydrogens is 468 g/mol. The molecule has 0 saturated carbocycles. The second-order valence-corrected chi connectivity index (χ2v) is 8.15. The largest absolute Gasteiger partial charge is 0.490 e. The van der Waals surface area contributed by atoms with Crippen molar-refractivity contribution in [2.24, 2.45) is 0 Å². The Bertz CT molecular complexity index is 1270. The fourth-order valence-electron chi connectivity index (χ4n) is 3.55. The molecule has 0 aliphatic heterocycles. The zero-order chi connectivity index (χ0) is 25.9. The van der Waals surface area contributed by atoms with Crippen LogP contribution in [0.2, 0.25) is 0 Å². The Kier molecular flexibility index (Phi) is 8.92. The molecule has 0 fully saturated rings. The fourth-order valence-corrected chi connectivity index (χ4v) is 3.55. The van der Waals surface area contributed by atoms with Crippen LogP contribution in [-0.2, 0) is 9.53 Å². The van der Waals surface area contributed by atoms with Crippen LogP contribution in [0.1, 0.15) is 23.7 Å². The lowest BCUT2D eigenvalue weighted by Gasteiger charge is -2.17. The van der Waals surface area contributed by atoms with E-state index < -0.39 is 18.0 Å². The van der Waals surface area contributed by atoms with E-state index in [1.807, 2.05) is 91.9 Å². The van der Waals surface area contributed by atoms with Crippen molar-refractivity contribution < 1.29 is 28.5 Å². The summed E-state index contributed by atoms with van der Waals surface area (Å²) in [4.78, 5) is 25.0. The van der Waals surface area contributed by atoms with E-state index >= 15 is 0 Å². The number of rotatable bonds is 11. The summed E-state index contributed by atoms with van der Waals surface area (Å²) in [6.07, 6.45) is -0.328. The number of carbonyl (C=O) groups excluding carboxylic acids is 2. The van der Waals surface area contributed by atoms with E-state index in [9.17, 15) is 9.59 Å². The molecule has 4 aromatic rings. The molecule has 4 aromatic carbocycles. The van der Waals surface area contributed by atoms with Crippen LogP contribution in [0.3, 0.4) is 0 Å². The van der Waals surface area contributed by atoms with Gasteiger partial charge in [-0.15, -0.1) is 0 Å². The van der Waals surface area contributed by atoms with Crippen molar-refractivity contribution in [3.8, 4) is 28.4 Å². The molecule has 6 nitrogen and oxygen atoms in total. The zero-order valence-electron chi connectivity index (χ0n) is 20.5. The summed E-state index contributed by atoms with van der Waals surface area (Å²) in [7, 11) is 0. The van der Waals surface area contributed by atoms with E-state index in [1.54, 1.807) is 24.3 Å². The summed E-state index contributed by atoms with van der Waals surface area (Å²) in [5, 5.41) is 0. The number of ether oxygens (including phenoxy) is 4. The van der Waals surface area contributed by atoms with Crippen molar-refractivity contribution in [3.63, 3.8) is 0 Å². The number of para-hydroxylation sites is 1. The first-order chi connectivity index (χ1) is 18.1. The molecular formula is C31H28O6. The molecule has 0 bridgehead atoms. The van der Waals surface area contributed by atoms with Gasteiger partial charge in [-0.3, -0.25) is 0 Å². The maximum Gasteiger partial charge on any atom is 0.352 e. The minimum absolute atomic E-state index is 0.117. The van der Waals surface area contributed by atoms with E-state index in [0.717, 1.165) is 11.1 Å². The quantitative estimate of drug-likeness (QED) is 0.137. The second kappa shape index (κ2) is 12.9. The molecule has 4 rings (SSSR count). The van der Waals surface area contributed by atoms with Crippen molar-refractivity contribution in [2.45, 2.75) is 19.4 Å². The average molecular weight is 497 g/mol. The van der Waals surface area contributed by atoms with Crippen molar-refractivity contribution in [1.82, 2.24) is 0 Å². The predicted molar refractivity (Wildman–Crippen MR) is 141 cm³/mol. The smallest absolute Gasteiger partial charge is 0.352 e. The first-order valence-electron chi connectivity index (χ1n) is 12.1. The Morgan fingerprint density at radius 2 is 1.24 bits per heavy atom. The van der Waals surface area contributed by atoms with Crippen LogP contribution in [-0.4, -0.2) is 31.3 Å². The first kappa shape index (κ1) is 25.5. The van der Waals surface area contributed by atoms with E-state index in [1.165, 1.54) is 0 Å². The van der Waals surface area contributed by atoms with Crippen LogP contribution in [0.25, 0.3) is 11.1 Å². The Morgan fingerprint density at radius 3 is 1.89 bits per heavy atom. The summed E-state index contributed by atoms with van der Waals surface area (Å²) in [5.74, 6) is 0.614. The SMILES string of the molecule is CCC(Oc1ccc(-c2ccccc2)cc1)C(=O)Oc1ccc(C(=O)OCCOc2ccccc2)cc1. The molecule has 0 saturated heterocycles. The molecule has 0 spiro atoms. The Labute approximate surface area is 216 Å². The van der Waals surface area contributed by atoms with E-state index in [4.69, 9.17) is 18.9 Å². The zero-order valence-corrected chi connectivity index (χ0v) is 20.5. The molecule has 188 valence electrons. The van der Waals surface area contributed by atoms with Crippen LogP contribution in [0, 0.1) is 0 Å². The van der Waals surface area contributed by atoms with Crippen LogP contribution >= 0.6 is 0 Å². The molecule has 1 atom stereocenters. The van der Waals surface area contributed by atoms with Crippen molar-refractivity contribution in [1.29, 1.82) is 0 Å². The third kappa shape index (κ3) is 7.45. The molecule has 1 unspecified atom stereocenters. The van der Waals surface area contributed by atoms with Gasteiger partial charge in [-0.05, 0) is 66.1 Å². The van der Waals surface area contributed by atoms with Gasteiger partial charge in [-0.1, -0.05) is 67.6 Å². The lowest BCUT2D eigenvalue weighted by atomic mass is 10.1. The third-order valence-electron chi connectivity index (χ3n) is 5.51. The van der Waals surface area contributed by atoms with Crippen LogP contribution in [0.4, 0.5) is 0 Å². The number of hydrogen-bond donors (Lipinski definition) is 0. The van der Waals surface area contributed by atoms with Gasteiger partial charge in [0.15, 0.2) is 6.10 Å². The Balaban J connectivity index is 1.25. The lowest BCUT2D eigenvalue weighted by Crippen LogP contribution is -2.30. The third-order valence-corrected chi connectivity index (χ3v) is 5.51. The van der Waals surface area contributed by atoms with Gasteiger partial charge in [0.1, 0.15) is 30.5 Å². The average Bonchev–Trinajstić information content (AvgIpc) is 2.95. The van der Waals surface area contributed by atoms with Crippen LogP contribution in [0.15, 0.2) is 109 Å². The van der Waals surface area contributed by atoms with Crippen LogP contribution in [0.5, 0.6) is 17.2 Å². The Hall–Kier alpha value is -4.58. The van der Waals surface area contributed by atoms with Gasteiger partial charge < -0.3 is 18.9 Å². The highest BCUT2D eigenvalue weighted by Crippen LogP contribution is 2.23. The summed E-state index contributed by atoms with van der Waals surface area (Å²) < 4.78 is 22.1. The standard InChI is InChI=1S/C31H28O6/c1-2-29(36-27-17-13-24(14-18-27)23-9-5-3-6-10-23)31(33)37-28-19-15-25(16-20-28)30(32)35-22-21-34-26-11-7-4-8-12-26/h3-20,29H,2,21-22H2,1H3. The number of benzene rings is 4. The molecule has 0 aliphatic rings. The van der Waals surface area contributed by atoms with Crippen LogP contribution < -0.4 is 14.2 Å². The summed E-state index contributed by atoms with van der Waals surface area (Å²) in [5.41, 5.74) is 2.51. The lowest BCUT2D eigenvalue weighted by molar-refractivity contribution is -0.142. The minimum atomic E-state index is -0.767. The van der Waals surface area contributed by atoms with E-state index in [0.29, 0.717) is 29.2 Å². The van der Waals surface area contributed by atoms with Gasteiger partial charge >= 0.3 is 11.9 Å². The molecule has 37 heavy (non-hydrogen) atoms. The second-order valence-electron chi connectivity index (χ2n) is 8.15. The first-order valence-corrected chi connectivity index (χ1v) is 12.1. The predicted octanol–water partition coefficient (Wildman–Crippen LogP) is 6.35. The summed E-state index contributed by atoms with van der Waals surface area (Å²) in [6.45, 7) is 2.22. The maximum atomic E-state index is 12.7. The van der Waals surface area contributed by atoms with E-state index in [-0.39, 0.29) is 13.2 Å². The normalized spacial score (nSPS) is 11.3. The highest BCUT2D eigenvalue weighted by Gasteiger charge is 2.21. The van der Waals surface area contributed by atoms with Gasteiger partial charge in [0.25, 0.3) is 0 Å². The van der Waals surface area contributed by atoms with Gasteiger partial charge in [0, 0.05) is 0 Å². The number of hydrogen-bond acceptors (Lipinski definition) is 6. The summed E-state index contributed by atoms with van der Waals surface area (Å²) in [6, 6.07) is 33.1. The summed E-state index contributed by atoms with van der Waals surface area (Å²) >= 11 is 0. The van der Waals surface area contributed by atoms with Gasteiger partial charge in [0.2, 0.25) is 0 Å². The molecule has 0 radical (unpaired) electrons. The monoisotopic (exact) mass is 496 g/mol. The topological polar surface area (TPSA) is 71.1 Å². The minimum Gasteiger partial charge on any atom is -0.490 e. The fraction of sp³-hybridized carbons (Fsp3) is 0.161. The molecule has 0 aromatic heterocycles. The van der Waals surface area contributed by atoms with Gasteiger partial charge in [-0.25, -0.2) is 9.59 Å². The Morgan fingerprint density at radius 1 is 0.649 bits per heavy atom. The highest BCUT2D eigenvalue weighted by atomic mass is 16.6. The molecule has 0 amide bonds. The molecule has 0 N–H and O–H groups in total. The molecule has 0 heterocycles. The molecule has 0 aliphatic carbocycles. The van der Waals surface area contributed by atoms with Gasteiger partial charge in [-0.2, -0.15) is 0 Å². The maximum absolute atomic E-state index is 12.7. The number of carbonyl (C=O) groups is 2. The van der Waals surface area contributed by atoms with Crippen molar-refractivity contribution in [3.05, 3.63) is 115 Å². The van der Waals surface area contributed by atoms with E-state index in [2.05, 4.69) is 0 Å². The highest BCUT2D eigenvalue weighted by molar-refractivity contribution is 5.89. The van der Waals surface area contributed by atoms with Crippen molar-refractivity contribution >= 4 is 11.9 Å². The molecule has 6 heteroatoms. The van der Waals surface area contributed by atoms with Gasteiger partial charge in [0.05, 0.1) is 5.56 Å². The number of esters is 2. The van der Waals surface area contributed by atoms with Crippen molar-refractivity contribution in [2.75, 3.05) is 13.2 Å².